The van der Waals surface area contributed by atoms with Crippen molar-refractivity contribution in [2.45, 2.75) is 56.9 Å². The summed E-state index contributed by atoms with van der Waals surface area (Å²) in [5, 5.41) is 6.09. The molecular formula is C28H38N4O2. The van der Waals surface area contributed by atoms with Gasteiger partial charge in [0, 0.05) is 49.4 Å². The Morgan fingerprint density at radius 2 is 1.76 bits per heavy atom. The number of hydrogen-bond donors (Lipinski definition) is 2. The topological polar surface area (TPSA) is 64.7 Å². The number of nitrogens with one attached hydrogen (secondary N) is 2. The van der Waals surface area contributed by atoms with Crippen molar-refractivity contribution in [3.63, 3.8) is 0 Å². The van der Waals surface area contributed by atoms with Crippen LogP contribution in [0.4, 0.5) is 10.5 Å². The summed E-state index contributed by atoms with van der Waals surface area (Å²) in [6.07, 6.45) is 8.51. The van der Waals surface area contributed by atoms with E-state index in [1.54, 1.807) is 0 Å². The highest BCUT2D eigenvalue weighted by atomic mass is 16.2. The lowest BCUT2D eigenvalue weighted by molar-refractivity contribution is 0.0944. The molecule has 1 unspecified atom stereocenters. The van der Waals surface area contributed by atoms with Gasteiger partial charge in [0.2, 0.25) is 0 Å². The molecule has 182 valence electrons. The molecule has 2 aromatic carbocycles. The third-order valence-corrected chi connectivity index (χ3v) is 7.30. The largest absolute Gasteiger partial charge is 0.351 e. The van der Waals surface area contributed by atoms with E-state index in [0.29, 0.717) is 24.7 Å². The van der Waals surface area contributed by atoms with E-state index in [2.05, 4.69) is 28.6 Å². The Hall–Kier alpha value is -2.86. The summed E-state index contributed by atoms with van der Waals surface area (Å²) in [6.45, 7) is 2.96. The van der Waals surface area contributed by atoms with Crippen molar-refractivity contribution < 1.29 is 9.59 Å². The van der Waals surface area contributed by atoms with E-state index in [1.807, 2.05) is 53.4 Å². The van der Waals surface area contributed by atoms with E-state index in [0.717, 1.165) is 37.2 Å². The lowest BCUT2D eigenvalue weighted by Crippen LogP contribution is -2.41. The number of rotatable bonds is 7. The standard InChI is InChI=1S/C28H38N4O2/c1-31(26-15-6-3-7-16-26)19-17-29-27(33)23-11-8-10-22(20-23)24-12-9-18-32(21-24)28(34)30-25-13-4-2-5-14-25/h2,4-5,8,10-11,13-14,20,24,26H,3,6-7,9,12,15-19,21H2,1H3,(H,29,33)(H,30,34). The van der Waals surface area contributed by atoms with E-state index < -0.39 is 0 Å². The van der Waals surface area contributed by atoms with Crippen molar-refractivity contribution in [3.05, 3.63) is 65.7 Å². The molecule has 3 amide bonds. The van der Waals surface area contributed by atoms with Crippen molar-refractivity contribution in [1.29, 1.82) is 0 Å². The summed E-state index contributed by atoms with van der Waals surface area (Å²) in [6, 6.07) is 18.1. The van der Waals surface area contributed by atoms with Crippen LogP contribution in [0.2, 0.25) is 0 Å². The molecule has 1 heterocycles. The maximum absolute atomic E-state index is 12.8. The van der Waals surface area contributed by atoms with E-state index >= 15 is 0 Å². The third kappa shape index (κ3) is 6.60. The van der Waals surface area contributed by atoms with E-state index in [9.17, 15) is 9.59 Å². The Kier molecular flexibility index (Phi) is 8.58. The van der Waals surface area contributed by atoms with Gasteiger partial charge in [0.05, 0.1) is 0 Å². The van der Waals surface area contributed by atoms with Crippen molar-refractivity contribution in [1.82, 2.24) is 15.1 Å². The number of piperidine rings is 1. The fourth-order valence-corrected chi connectivity index (χ4v) is 5.24. The van der Waals surface area contributed by atoms with Gasteiger partial charge in [-0.2, -0.15) is 0 Å². The van der Waals surface area contributed by atoms with Crippen LogP contribution in [-0.2, 0) is 0 Å². The van der Waals surface area contributed by atoms with Gasteiger partial charge < -0.3 is 20.4 Å². The molecule has 2 N–H and O–H groups in total. The van der Waals surface area contributed by atoms with Crippen LogP contribution in [0.1, 0.15) is 66.8 Å². The second-order valence-corrected chi connectivity index (χ2v) is 9.74. The van der Waals surface area contributed by atoms with E-state index in [1.165, 1.54) is 32.1 Å². The van der Waals surface area contributed by atoms with E-state index in [-0.39, 0.29) is 17.9 Å². The summed E-state index contributed by atoms with van der Waals surface area (Å²) in [4.78, 5) is 29.8. The number of para-hydroxylation sites is 1. The van der Waals surface area contributed by atoms with Gasteiger partial charge in [-0.25, -0.2) is 4.79 Å². The molecular weight excluding hydrogens is 424 g/mol. The summed E-state index contributed by atoms with van der Waals surface area (Å²) in [7, 11) is 2.17. The summed E-state index contributed by atoms with van der Waals surface area (Å²) in [5.41, 5.74) is 2.63. The van der Waals surface area contributed by atoms with Gasteiger partial charge in [-0.1, -0.05) is 49.6 Å². The molecule has 2 aliphatic rings. The molecule has 6 heteroatoms. The highest BCUT2D eigenvalue weighted by Gasteiger charge is 2.25. The number of hydrogen-bond acceptors (Lipinski definition) is 3. The van der Waals surface area contributed by atoms with Gasteiger partial charge in [-0.3, -0.25) is 4.79 Å². The molecule has 2 aromatic rings. The maximum atomic E-state index is 12.8. The van der Waals surface area contributed by atoms with Gasteiger partial charge in [-0.05, 0) is 62.6 Å². The van der Waals surface area contributed by atoms with Crippen LogP contribution in [0.15, 0.2) is 54.6 Å². The smallest absolute Gasteiger partial charge is 0.321 e. The number of benzene rings is 2. The first-order valence-electron chi connectivity index (χ1n) is 12.8. The Labute approximate surface area is 203 Å². The van der Waals surface area contributed by atoms with Gasteiger partial charge in [0.15, 0.2) is 0 Å². The molecule has 34 heavy (non-hydrogen) atoms. The molecule has 1 saturated heterocycles. The Morgan fingerprint density at radius 3 is 2.56 bits per heavy atom. The van der Waals surface area contributed by atoms with Crippen LogP contribution in [-0.4, -0.2) is 61.0 Å². The Bertz CT molecular complexity index is 942. The monoisotopic (exact) mass is 462 g/mol. The summed E-state index contributed by atoms with van der Waals surface area (Å²) < 4.78 is 0. The van der Waals surface area contributed by atoms with Crippen LogP contribution in [0.5, 0.6) is 0 Å². The zero-order chi connectivity index (χ0) is 23.8. The first-order chi connectivity index (χ1) is 16.6. The quantitative estimate of drug-likeness (QED) is 0.602. The lowest BCUT2D eigenvalue weighted by Gasteiger charge is -2.33. The first kappa shape index (κ1) is 24.3. The average molecular weight is 463 g/mol. The van der Waals surface area contributed by atoms with Crippen molar-refractivity contribution in [2.75, 3.05) is 38.5 Å². The molecule has 1 aliphatic heterocycles. The number of carbonyl (C=O) groups excluding carboxylic acids is 2. The zero-order valence-corrected chi connectivity index (χ0v) is 20.3. The highest BCUT2D eigenvalue weighted by molar-refractivity contribution is 5.94. The molecule has 0 radical (unpaired) electrons. The predicted molar refractivity (Wildman–Crippen MR) is 137 cm³/mol. The number of likely N-dealkylation sites (N-methyl/N-ethyl adjacent to an activating group) is 1. The van der Waals surface area contributed by atoms with Crippen LogP contribution in [0.3, 0.4) is 0 Å². The second-order valence-electron chi connectivity index (χ2n) is 9.74. The molecule has 1 atom stereocenters. The zero-order valence-electron chi connectivity index (χ0n) is 20.3. The van der Waals surface area contributed by atoms with Gasteiger partial charge in [0.1, 0.15) is 0 Å². The molecule has 6 nitrogen and oxygen atoms in total. The Morgan fingerprint density at radius 1 is 0.971 bits per heavy atom. The van der Waals surface area contributed by atoms with Gasteiger partial charge in [-0.15, -0.1) is 0 Å². The first-order valence-corrected chi connectivity index (χ1v) is 12.8. The molecule has 2 fully saturated rings. The number of carbonyl (C=O) groups is 2. The number of amides is 3. The number of likely N-dealkylation sites (tertiary alicyclic amines) is 1. The lowest BCUT2D eigenvalue weighted by atomic mass is 9.89. The van der Waals surface area contributed by atoms with Crippen LogP contribution in [0.25, 0.3) is 0 Å². The molecule has 0 aromatic heterocycles. The SMILES string of the molecule is CN(CCNC(=O)c1cccc(C2CCCN(C(=O)Nc3ccccc3)C2)c1)C1CCCCC1. The molecule has 1 aliphatic carbocycles. The summed E-state index contributed by atoms with van der Waals surface area (Å²) >= 11 is 0. The number of nitrogens with zero attached hydrogens (tertiary/aromatic N) is 2. The number of anilines is 1. The second kappa shape index (κ2) is 12.0. The average Bonchev–Trinajstić information content (AvgIpc) is 2.90. The third-order valence-electron chi connectivity index (χ3n) is 7.30. The van der Waals surface area contributed by atoms with Crippen LogP contribution in [0, 0.1) is 0 Å². The van der Waals surface area contributed by atoms with Crippen LogP contribution >= 0.6 is 0 Å². The maximum Gasteiger partial charge on any atom is 0.321 e. The molecule has 0 bridgehead atoms. The van der Waals surface area contributed by atoms with Crippen molar-refractivity contribution >= 4 is 17.6 Å². The highest BCUT2D eigenvalue weighted by Crippen LogP contribution is 2.28. The summed E-state index contributed by atoms with van der Waals surface area (Å²) in [5.74, 6) is 0.217. The van der Waals surface area contributed by atoms with Gasteiger partial charge in [0.25, 0.3) is 5.91 Å². The molecule has 0 spiro atoms. The fourth-order valence-electron chi connectivity index (χ4n) is 5.24. The normalized spacial score (nSPS) is 19.1. The molecule has 4 rings (SSSR count). The van der Waals surface area contributed by atoms with Crippen molar-refractivity contribution in [3.8, 4) is 0 Å². The predicted octanol–water partition coefficient (Wildman–Crippen LogP) is 5.09. The minimum atomic E-state index is -0.0631. The number of urea groups is 1. The fraction of sp³-hybridized carbons (Fsp3) is 0.500. The van der Waals surface area contributed by atoms with Crippen molar-refractivity contribution in [2.24, 2.45) is 0 Å². The molecule has 1 saturated carbocycles. The minimum Gasteiger partial charge on any atom is -0.351 e. The Balaban J connectivity index is 1.29. The van der Waals surface area contributed by atoms with Gasteiger partial charge >= 0.3 is 6.03 Å². The van der Waals surface area contributed by atoms with E-state index in [4.69, 9.17) is 0 Å². The minimum absolute atomic E-state index is 0.0200. The van der Waals surface area contributed by atoms with Crippen LogP contribution < -0.4 is 10.6 Å².